The number of carboxylic acids is 1. The van der Waals surface area contributed by atoms with Gasteiger partial charge in [0, 0.05) is 12.1 Å². The van der Waals surface area contributed by atoms with Crippen molar-refractivity contribution in [2.45, 2.75) is 26.3 Å². The third-order valence-corrected chi connectivity index (χ3v) is 2.11. The second-order valence-corrected chi connectivity index (χ2v) is 4.86. The van der Waals surface area contributed by atoms with Crippen LogP contribution in [-0.4, -0.2) is 29.8 Å². The number of hydrogen-bond acceptors (Lipinski definition) is 3. The van der Waals surface area contributed by atoms with E-state index in [9.17, 15) is 4.79 Å². The van der Waals surface area contributed by atoms with Crippen LogP contribution in [0.25, 0.3) is 0 Å². The zero-order valence-electron chi connectivity index (χ0n) is 10.5. The van der Waals surface area contributed by atoms with E-state index in [1.54, 1.807) is 18.2 Å². The van der Waals surface area contributed by atoms with Crippen LogP contribution in [0.15, 0.2) is 24.3 Å². The largest absolute Gasteiger partial charge is 0.492 e. The first-order valence-electron chi connectivity index (χ1n) is 5.60. The average Bonchev–Trinajstić information content (AvgIpc) is 2.23. The van der Waals surface area contributed by atoms with E-state index in [0.717, 1.165) is 6.54 Å². The predicted molar refractivity (Wildman–Crippen MR) is 66.7 cm³/mol. The summed E-state index contributed by atoms with van der Waals surface area (Å²) in [5.41, 5.74) is 0.304. The highest BCUT2D eigenvalue weighted by molar-refractivity contribution is 5.87. The Hall–Kier alpha value is -1.55. The Balaban J connectivity index is 2.42. The molecule has 1 rings (SSSR count). The Kier molecular flexibility index (Phi) is 4.52. The van der Waals surface area contributed by atoms with Crippen LogP contribution in [0, 0.1) is 0 Å². The minimum Gasteiger partial charge on any atom is -0.492 e. The van der Waals surface area contributed by atoms with E-state index in [0.29, 0.717) is 12.4 Å². The van der Waals surface area contributed by atoms with Gasteiger partial charge >= 0.3 is 5.97 Å². The summed E-state index contributed by atoms with van der Waals surface area (Å²) in [6.45, 7) is 7.48. The number of aromatic carboxylic acids is 1. The monoisotopic (exact) mass is 237 g/mol. The summed E-state index contributed by atoms with van der Waals surface area (Å²) in [6.07, 6.45) is 0. The zero-order chi connectivity index (χ0) is 12.9. The number of rotatable bonds is 5. The maximum atomic E-state index is 10.7. The summed E-state index contributed by atoms with van der Waals surface area (Å²) in [5.74, 6) is -0.358. The SMILES string of the molecule is CC(C)(C)NCCOc1cccc(C(=O)O)c1. The average molecular weight is 237 g/mol. The van der Waals surface area contributed by atoms with E-state index < -0.39 is 5.97 Å². The minimum absolute atomic E-state index is 0.0618. The van der Waals surface area contributed by atoms with Crippen molar-refractivity contribution >= 4 is 5.97 Å². The Morgan fingerprint density at radius 3 is 2.71 bits per heavy atom. The second-order valence-electron chi connectivity index (χ2n) is 4.86. The lowest BCUT2D eigenvalue weighted by Gasteiger charge is -2.20. The summed E-state index contributed by atoms with van der Waals surface area (Å²) in [6, 6.07) is 6.50. The standard InChI is InChI=1S/C13H19NO3/c1-13(2,3)14-7-8-17-11-6-4-5-10(9-11)12(15)16/h4-6,9,14H,7-8H2,1-3H3,(H,15,16). The number of benzene rings is 1. The fourth-order valence-corrected chi connectivity index (χ4v) is 1.31. The van der Waals surface area contributed by atoms with Crippen LogP contribution in [0.3, 0.4) is 0 Å². The molecule has 0 unspecified atom stereocenters. The first-order chi connectivity index (χ1) is 7.88. The first-order valence-corrected chi connectivity index (χ1v) is 5.60. The van der Waals surface area contributed by atoms with Gasteiger partial charge in [-0.1, -0.05) is 6.07 Å². The molecule has 4 heteroatoms. The molecule has 0 radical (unpaired) electrons. The van der Waals surface area contributed by atoms with E-state index in [1.165, 1.54) is 6.07 Å². The molecule has 1 aromatic carbocycles. The topological polar surface area (TPSA) is 58.6 Å². The van der Waals surface area contributed by atoms with Gasteiger partial charge in [-0.25, -0.2) is 4.79 Å². The second kappa shape index (κ2) is 5.68. The fourth-order valence-electron chi connectivity index (χ4n) is 1.31. The molecular formula is C13H19NO3. The van der Waals surface area contributed by atoms with Crippen LogP contribution >= 0.6 is 0 Å². The van der Waals surface area contributed by atoms with Crippen molar-refractivity contribution in [3.63, 3.8) is 0 Å². The lowest BCUT2D eigenvalue weighted by atomic mass is 10.1. The lowest BCUT2D eigenvalue weighted by Crippen LogP contribution is -2.38. The maximum absolute atomic E-state index is 10.7. The van der Waals surface area contributed by atoms with E-state index in [1.807, 2.05) is 0 Å². The molecule has 1 aromatic rings. The van der Waals surface area contributed by atoms with Gasteiger partial charge in [-0.3, -0.25) is 0 Å². The van der Waals surface area contributed by atoms with Crippen LogP contribution in [0.1, 0.15) is 31.1 Å². The summed E-state index contributed by atoms with van der Waals surface area (Å²) >= 11 is 0. The molecule has 0 spiro atoms. The number of ether oxygens (including phenoxy) is 1. The van der Waals surface area contributed by atoms with Gasteiger partial charge in [0.05, 0.1) is 5.56 Å². The molecule has 0 atom stereocenters. The van der Waals surface area contributed by atoms with Crippen molar-refractivity contribution in [3.8, 4) is 5.75 Å². The molecule has 0 fully saturated rings. The molecule has 0 aliphatic carbocycles. The Labute approximate surface area is 102 Å². The van der Waals surface area contributed by atoms with Crippen molar-refractivity contribution in [1.29, 1.82) is 0 Å². The quantitative estimate of drug-likeness (QED) is 0.770. The molecule has 0 aliphatic heterocycles. The summed E-state index contributed by atoms with van der Waals surface area (Å²) in [7, 11) is 0. The highest BCUT2D eigenvalue weighted by Crippen LogP contribution is 2.13. The van der Waals surface area contributed by atoms with Gasteiger partial charge in [-0.15, -0.1) is 0 Å². The van der Waals surface area contributed by atoms with Gasteiger partial charge in [0.25, 0.3) is 0 Å². The molecule has 0 bridgehead atoms. The van der Waals surface area contributed by atoms with Crippen molar-refractivity contribution in [2.75, 3.05) is 13.2 Å². The minimum atomic E-state index is -0.941. The van der Waals surface area contributed by atoms with Crippen LogP contribution in [0.4, 0.5) is 0 Å². The Morgan fingerprint density at radius 1 is 1.41 bits per heavy atom. The van der Waals surface area contributed by atoms with Gasteiger partial charge in [0.15, 0.2) is 0 Å². The van der Waals surface area contributed by atoms with E-state index in [4.69, 9.17) is 9.84 Å². The van der Waals surface area contributed by atoms with E-state index >= 15 is 0 Å². The predicted octanol–water partition coefficient (Wildman–Crippen LogP) is 2.15. The molecule has 0 saturated carbocycles. The molecule has 17 heavy (non-hydrogen) atoms. The van der Waals surface area contributed by atoms with E-state index in [-0.39, 0.29) is 11.1 Å². The van der Waals surface area contributed by atoms with Crippen molar-refractivity contribution in [2.24, 2.45) is 0 Å². The van der Waals surface area contributed by atoms with Crippen LogP contribution in [0.5, 0.6) is 5.75 Å². The van der Waals surface area contributed by atoms with Crippen molar-refractivity contribution in [3.05, 3.63) is 29.8 Å². The number of carbonyl (C=O) groups is 1. The summed E-state index contributed by atoms with van der Waals surface area (Å²) in [5, 5.41) is 12.1. The highest BCUT2D eigenvalue weighted by Gasteiger charge is 2.08. The highest BCUT2D eigenvalue weighted by atomic mass is 16.5. The molecule has 0 saturated heterocycles. The van der Waals surface area contributed by atoms with Gasteiger partial charge < -0.3 is 15.2 Å². The third kappa shape index (κ3) is 5.36. The smallest absolute Gasteiger partial charge is 0.335 e. The van der Waals surface area contributed by atoms with Crippen LogP contribution < -0.4 is 10.1 Å². The van der Waals surface area contributed by atoms with Gasteiger partial charge in [0.1, 0.15) is 12.4 Å². The van der Waals surface area contributed by atoms with E-state index in [2.05, 4.69) is 26.1 Å². The molecule has 4 nitrogen and oxygen atoms in total. The molecule has 0 amide bonds. The molecular weight excluding hydrogens is 218 g/mol. The van der Waals surface area contributed by atoms with Gasteiger partial charge in [0.2, 0.25) is 0 Å². The Morgan fingerprint density at radius 2 is 2.12 bits per heavy atom. The fraction of sp³-hybridized carbons (Fsp3) is 0.462. The van der Waals surface area contributed by atoms with Crippen molar-refractivity contribution in [1.82, 2.24) is 5.32 Å². The molecule has 0 aliphatic rings. The normalized spacial score (nSPS) is 11.2. The van der Waals surface area contributed by atoms with Gasteiger partial charge in [-0.05, 0) is 39.0 Å². The maximum Gasteiger partial charge on any atom is 0.335 e. The Bertz CT molecular complexity index is 382. The molecule has 0 aromatic heterocycles. The number of carboxylic acid groups (broad SMARTS) is 1. The van der Waals surface area contributed by atoms with Crippen LogP contribution in [-0.2, 0) is 0 Å². The number of nitrogens with one attached hydrogen (secondary N) is 1. The first kappa shape index (κ1) is 13.5. The molecule has 2 N–H and O–H groups in total. The summed E-state index contributed by atoms with van der Waals surface area (Å²) < 4.78 is 5.47. The summed E-state index contributed by atoms with van der Waals surface area (Å²) in [4.78, 5) is 10.7. The molecule has 0 heterocycles. The lowest BCUT2D eigenvalue weighted by molar-refractivity contribution is 0.0696. The number of hydrogen-bond donors (Lipinski definition) is 2. The van der Waals surface area contributed by atoms with Crippen molar-refractivity contribution < 1.29 is 14.6 Å². The van der Waals surface area contributed by atoms with Gasteiger partial charge in [-0.2, -0.15) is 0 Å². The zero-order valence-corrected chi connectivity index (χ0v) is 10.5. The molecule has 94 valence electrons. The third-order valence-electron chi connectivity index (χ3n) is 2.11. The van der Waals surface area contributed by atoms with Crippen LogP contribution in [0.2, 0.25) is 0 Å².